The van der Waals surface area contributed by atoms with E-state index >= 15 is 0 Å². The van der Waals surface area contributed by atoms with Gasteiger partial charge in [-0.15, -0.1) is 0 Å². The maximum atomic E-state index is 11.9. The fraction of sp³-hybridized carbons (Fsp3) is 0.364. The molecule has 1 rings (SSSR count). The van der Waals surface area contributed by atoms with Crippen molar-refractivity contribution in [2.75, 3.05) is 7.05 Å². The second-order valence-corrected chi connectivity index (χ2v) is 3.93. The molecule has 0 aromatic carbocycles. The maximum absolute atomic E-state index is 11.9. The van der Waals surface area contributed by atoms with E-state index in [0.29, 0.717) is 11.3 Å². The van der Waals surface area contributed by atoms with Crippen LogP contribution in [0.4, 0.5) is 0 Å². The topological polar surface area (TPSA) is 91.8 Å². The summed E-state index contributed by atoms with van der Waals surface area (Å²) in [4.78, 5) is 17.5. The van der Waals surface area contributed by atoms with Crippen LogP contribution in [0.15, 0.2) is 23.5 Å². The number of hydrogen-bond donors (Lipinski definition) is 2. The molecule has 0 aliphatic heterocycles. The highest BCUT2D eigenvalue weighted by Gasteiger charge is 2.15. The zero-order valence-electron chi connectivity index (χ0n) is 10.1. The average Bonchev–Trinajstić information content (AvgIpc) is 2.36. The molecular weight excluding hydrogens is 220 g/mol. The summed E-state index contributed by atoms with van der Waals surface area (Å²) in [5.74, 6) is -0.195. The molecule has 0 saturated heterocycles. The SMILES string of the molecule is CC(C)N(C)C(=O)c1ccc(C(N)=NO)cn1. The van der Waals surface area contributed by atoms with Crippen LogP contribution in [0.25, 0.3) is 0 Å². The fourth-order valence-corrected chi connectivity index (χ4v) is 1.14. The van der Waals surface area contributed by atoms with Crippen LogP contribution in [0.5, 0.6) is 0 Å². The van der Waals surface area contributed by atoms with Crippen LogP contribution in [0.1, 0.15) is 29.9 Å². The molecule has 6 heteroatoms. The third kappa shape index (κ3) is 2.93. The van der Waals surface area contributed by atoms with Gasteiger partial charge in [-0.2, -0.15) is 0 Å². The van der Waals surface area contributed by atoms with Crippen molar-refractivity contribution in [2.45, 2.75) is 19.9 Å². The van der Waals surface area contributed by atoms with Crippen LogP contribution in [0.2, 0.25) is 0 Å². The summed E-state index contributed by atoms with van der Waals surface area (Å²) in [5, 5.41) is 11.3. The Balaban J connectivity index is 2.92. The standard InChI is InChI=1S/C11H16N4O2/c1-7(2)15(3)11(16)9-5-4-8(6-13-9)10(12)14-17/h4-7,17H,1-3H3,(H2,12,14). The summed E-state index contributed by atoms with van der Waals surface area (Å²) < 4.78 is 0. The number of rotatable bonds is 3. The first-order valence-corrected chi connectivity index (χ1v) is 5.18. The molecule has 0 bridgehead atoms. The summed E-state index contributed by atoms with van der Waals surface area (Å²) >= 11 is 0. The van der Waals surface area contributed by atoms with Gasteiger partial charge in [-0.1, -0.05) is 5.16 Å². The highest BCUT2D eigenvalue weighted by atomic mass is 16.4. The van der Waals surface area contributed by atoms with Crippen LogP contribution in [-0.4, -0.2) is 39.9 Å². The lowest BCUT2D eigenvalue weighted by molar-refractivity contribution is 0.0749. The molecule has 92 valence electrons. The zero-order chi connectivity index (χ0) is 13.0. The molecular formula is C11H16N4O2. The maximum Gasteiger partial charge on any atom is 0.272 e. The van der Waals surface area contributed by atoms with Crippen molar-refractivity contribution in [1.29, 1.82) is 0 Å². The molecule has 3 N–H and O–H groups in total. The Kier molecular flexibility index (Phi) is 4.03. The third-order valence-corrected chi connectivity index (χ3v) is 2.48. The van der Waals surface area contributed by atoms with Gasteiger partial charge in [-0.05, 0) is 26.0 Å². The number of oxime groups is 1. The van der Waals surface area contributed by atoms with Gasteiger partial charge >= 0.3 is 0 Å². The first kappa shape index (κ1) is 13.0. The molecule has 17 heavy (non-hydrogen) atoms. The second kappa shape index (κ2) is 5.29. The molecule has 0 atom stereocenters. The molecule has 1 aromatic heterocycles. The Labute approximate surface area is 99.7 Å². The minimum atomic E-state index is -0.161. The lowest BCUT2D eigenvalue weighted by atomic mass is 10.2. The predicted molar refractivity (Wildman–Crippen MR) is 64.0 cm³/mol. The number of carbonyl (C=O) groups is 1. The quantitative estimate of drug-likeness (QED) is 0.349. The minimum absolute atomic E-state index is 0.0336. The van der Waals surface area contributed by atoms with Gasteiger partial charge in [-0.25, -0.2) is 0 Å². The molecule has 1 aromatic rings. The van der Waals surface area contributed by atoms with Crippen molar-refractivity contribution in [3.05, 3.63) is 29.6 Å². The first-order chi connectivity index (χ1) is 7.97. The molecule has 1 amide bonds. The smallest absolute Gasteiger partial charge is 0.272 e. The number of aromatic nitrogens is 1. The number of nitrogens with zero attached hydrogens (tertiary/aromatic N) is 3. The number of pyridine rings is 1. The molecule has 0 fully saturated rings. The number of carbonyl (C=O) groups excluding carboxylic acids is 1. The number of amides is 1. The van der Waals surface area contributed by atoms with Crippen molar-refractivity contribution in [3.8, 4) is 0 Å². The molecule has 0 saturated carbocycles. The van der Waals surface area contributed by atoms with E-state index in [4.69, 9.17) is 10.9 Å². The fourth-order valence-electron chi connectivity index (χ4n) is 1.14. The van der Waals surface area contributed by atoms with Crippen molar-refractivity contribution in [3.63, 3.8) is 0 Å². The van der Waals surface area contributed by atoms with Crippen molar-refractivity contribution in [1.82, 2.24) is 9.88 Å². The Morgan fingerprint density at radius 2 is 2.18 bits per heavy atom. The van der Waals surface area contributed by atoms with E-state index in [1.165, 1.54) is 6.20 Å². The Hall–Kier alpha value is -2.11. The molecule has 0 aliphatic rings. The van der Waals surface area contributed by atoms with Crippen LogP contribution in [0, 0.1) is 0 Å². The van der Waals surface area contributed by atoms with E-state index in [1.807, 2.05) is 13.8 Å². The van der Waals surface area contributed by atoms with Gasteiger partial charge in [0.1, 0.15) is 5.69 Å². The van der Waals surface area contributed by atoms with E-state index in [-0.39, 0.29) is 17.8 Å². The molecule has 0 spiro atoms. The lowest BCUT2D eigenvalue weighted by Gasteiger charge is -2.20. The van der Waals surface area contributed by atoms with Crippen molar-refractivity contribution >= 4 is 11.7 Å². The van der Waals surface area contributed by atoms with Gasteiger partial charge in [0, 0.05) is 24.8 Å². The van der Waals surface area contributed by atoms with Crippen molar-refractivity contribution in [2.24, 2.45) is 10.9 Å². The van der Waals surface area contributed by atoms with Gasteiger partial charge in [0.15, 0.2) is 5.84 Å². The molecule has 1 heterocycles. The largest absolute Gasteiger partial charge is 0.409 e. The molecule has 0 unspecified atom stereocenters. The minimum Gasteiger partial charge on any atom is -0.409 e. The van der Waals surface area contributed by atoms with E-state index in [1.54, 1.807) is 24.1 Å². The van der Waals surface area contributed by atoms with Crippen LogP contribution in [0.3, 0.4) is 0 Å². The highest BCUT2D eigenvalue weighted by Crippen LogP contribution is 2.05. The average molecular weight is 236 g/mol. The monoisotopic (exact) mass is 236 g/mol. The zero-order valence-corrected chi connectivity index (χ0v) is 10.1. The Morgan fingerprint density at radius 3 is 2.59 bits per heavy atom. The summed E-state index contributed by atoms with van der Waals surface area (Å²) in [6, 6.07) is 3.24. The van der Waals surface area contributed by atoms with Gasteiger partial charge < -0.3 is 15.8 Å². The van der Waals surface area contributed by atoms with Gasteiger partial charge in [0.05, 0.1) is 0 Å². The second-order valence-electron chi connectivity index (χ2n) is 3.93. The van der Waals surface area contributed by atoms with Crippen LogP contribution < -0.4 is 5.73 Å². The van der Waals surface area contributed by atoms with E-state index in [0.717, 1.165) is 0 Å². The summed E-state index contributed by atoms with van der Waals surface area (Å²) in [6.45, 7) is 3.84. The molecule has 6 nitrogen and oxygen atoms in total. The number of amidine groups is 1. The Morgan fingerprint density at radius 1 is 1.53 bits per heavy atom. The predicted octanol–water partition coefficient (Wildman–Crippen LogP) is 0.657. The van der Waals surface area contributed by atoms with Gasteiger partial charge in [0.25, 0.3) is 5.91 Å². The van der Waals surface area contributed by atoms with Crippen molar-refractivity contribution < 1.29 is 10.0 Å². The summed E-state index contributed by atoms with van der Waals surface area (Å²) in [6.07, 6.45) is 1.40. The first-order valence-electron chi connectivity index (χ1n) is 5.18. The van der Waals surface area contributed by atoms with Gasteiger partial charge in [-0.3, -0.25) is 9.78 Å². The van der Waals surface area contributed by atoms with Crippen LogP contribution >= 0.6 is 0 Å². The molecule has 0 aliphatic carbocycles. The Bertz CT molecular complexity index is 426. The molecule has 0 radical (unpaired) electrons. The summed E-state index contributed by atoms with van der Waals surface area (Å²) in [5.41, 5.74) is 6.19. The number of hydrogen-bond acceptors (Lipinski definition) is 4. The number of nitrogens with two attached hydrogens (primary N) is 1. The lowest BCUT2D eigenvalue weighted by Crippen LogP contribution is -2.33. The van der Waals surface area contributed by atoms with E-state index < -0.39 is 0 Å². The third-order valence-electron chi connectivity index (χ3n) is 2.48. The highest BCUT2D eigenvalue weighted by molar-refractivity contribution is 5.98. The van der Waals surface area contributed by atoms with E-state index in [2.05, 4.69) is 10.1 Å². The summed E-state index contributed by atoms with van der Waals surface area (Å²) in [7, 11) is 1.71. The van der Waals surface area contributed by atoms with Crippen LogP contribution in [-0.2, 0) is 0 Å². The van der Waals surface area contributed by atoms with E-state index in [9.17, 15) is 4.79 Å². The van der Waals surface area contributed by atoms with Gasteiger partial charge in [0.2, 0.25) is 0 Å². The normalized spacial score (nSPS) is 11.6.